The number of amides is 1. The van der Waals surface area contributed by atoms with Crippen LogP contribution < -0.4 is 10.5 Å². The van der Waals surface area contributed by atoms with Crippen LogP contribution in [0.5, 0.6) is 11.5 Å². The van der Waals surface area contributed by atoms with Gasteiger partial charge < -0.3 is 15.6 Å². The number of aryl methyl sites for hydroxylation is 2. The first-order chi connectivity index (χ1) is 14.4. The monoisotopic (exact) mass is 420 g/mol. The fourth-order valence-electron chi connectivity index (χ4n) is 2.88. The molecule has 2 aromatic carbocycles. The molecule has 0 atom stereocenters. The summed E-state index contributed by atoms with van der Waals surface area (Å²) in [6.45, 7) is 2.29. The van der Waals surface area contributed by atoms with Gasteiger partial charge in [0.25, 0.3) is 5.91 Å². The van der Waals surface area contributed by atoms with Crippen LogP contribution in [0.2, 0.25) is 5.02 Å². The zero-order chi connectivity index (χ0) is 21.5. The van der Waals surface area contributed by atoms with Gasteiger partial charge in [0.15, 0.2) is 11.4 Å². The first kappa shape index (κ1) is 21.2. The highest BCUT2D eigenvalue weighted by Crippen LogP contribution is 2.24. The van der Waals surface area contributed by atoms with Gasteiger partial charge in [-0.15, -0.1) is 0 Å². The van der Waals surface area contributed by atoms with Crippen LogP contribution in [0.15, 0.2) is 54.6 Å². The quantitative estimate of drug-likeness (QED) is 0.461. The minimum Gasteiger partial charge on any atom is -0.507 e. The summed E-state index contributed by atoms with van der Waals surface area (Å²) in [4.78, 5) is 15.8. The third kappa shape index (κ3) is 5.53. The Balaban J connectivity index is 1.67. The molecule has 6 heteroatoms. The summed E-state index contributed by atoms with van der Waals surface area (Å²) >= 11 is 6.00. The smallest absolute Gasteiger partial charge is 0.252 e. The van der Waals surface area contributed by atoms with Crippen molar-refractivity contribution in [2.24, 2.45) is 5.73 Å². The van der Waals surface area contributed by atoms with Crippen molar-refractivity contribution in [1.29, 1.82) is 0 Å². The molecule has 0 aliphatic heterocycles. The maximum atomic E-state index is 11.3. The number of benzene rings is 2. The van der Waals surface area contributed by atoms with Gasteiger partial charge in [0.1, 0.15) is 5.75 Å². The summed E-state index contributed by atoms with van der Waals surface area (Å²) in [5.74, 6) is 5.97. The molecule has 0 spiro atoms. The van der Waals surface area contributed by atoms with E-state index in [0.717, 1.165) is 11.3 Å². The molecule has 0 saturated carbocycles. The zero-order valence-electron chi connectivity index (χ0n) is 16.5. The first-order valence-electron chi connectivity index (χ1n) is 9.43. The van der Waals surface area contributed by atoms with Crippen molar-refractivity contribution in [1.82, 2.24) is 4.98 Å². The number of nitrogens with two attached hydrogens (primary N) is 1. The van der Waals surface area contributed by atoms with Crippen molar-refractivity contribution in [3.63, 3.8) is 0 Å². The molecule has 0 aliphatic rings. The Bertz CT molecular complexity index is 1130. The zero-order valence-corrected chi connectivity index (χ0v) is 17.2. The van der Waals surface area contributed by atoms with Crippen LogP contribution in [0.4, 0.5) is 0 Å². The van der Waals surface area contributed by atoms with E-state index in [9.17, 15) is 9.90 Å². The van der Waals surface area contributed by atoms with E-state index >= 15 is 0 Å². The van der Waals surface area contributed by atoms with Gasteiger partial charge in [0.05, 0.1) is 12.2 Å². The van der Waals surface area contributed by atoms with Crippen molar-refractivity contribution in [2.45, 2.75) is 19.8 Å². The van der Waals surface area contributed by atoms with Gasteiger partial charge in [-0.1, -0.05) is 35.7 Å². The molecule has 0 fully saturated rings. The minimum atomic E-state index is -0.653. The summed E-state index contributed by atoms with van der Waals surface area (Å²) < 4.78 is 5.88. The number of nitrogens with zero attached hydrogens (tertiary/aromatic N) is 1. The second-order valence-corrected chi connectivity index (χ2v) is 7.13. The van der Waals surface area contributed by atoms with Crippen LogP contribution in [0.1, 0.15) is 39.3 Å². The summed E-state index contributed by atoms with van der Waals surface area (Å²) in [7, 11) is 0. The van der Waals surface area contributed by atoms with Crippen molar-refractivity contribution < 1.29 is 14.6 Å². The number of pyridine rings is 1. The number of rotatable bonds is 6. The van der Waals surface area contributed by atoms with E-state index in [-0.39, 0.29) is 11.3 Å². The number of carbonyl (C=O) groups is 1. The SMILES string of the molecule is Cc1ccc(OCCCc2cccc(C(N)=O)c2O)c(C#Cc2cccc(Cl)c2)n1. The number of ether oxygens (including phenoxy) is 1. The van der Waals surface area contributed by atoms with Crippen molar-refractivity contribution in [3.8, 4) is 23.3 Å². The number of halogens is 1. The lowest BCUT2D eigenvalue weighted by molar-refractivity contribution is 0.0997. The Morgan fingerprint density at radius 1 is 1.17 bits per heavy atom. The van der Waals surface area contributed by atoms with Gasteiger partial charge in [-0.2, -0.15) is 0 Å². The average molecular weight is 421 g/mol. The number of hydrogen-bond donors (Lipinski definition) is 2. The number of aromatic nitrogens is 1. The Morgan fingerprint density at radius 3 is 2.73 bits per heavy atom. The third-order valence-corrected chi connectivity index (χ3v) is 4.62. The molecular formula is C24H21ClN2O3. The van der Waals surface area contributed by atoms with Crippen LogP contribution in [-0.2, 0) is 6.42 Å². The predicted molar refractivity (Wildman–Crippen MR) is 117 cm³/mol. The maximum absolute atomic E-state index is 11.3. The van der Waals surface area contributed by atoms with E-state index in [1.165, 1.54) is 6.07 Å². The fourth-order valence-corrected chi connectivity index (χ4v) is 3.07. The van der Waals surface area contributed by atoms with E-state index in [4.69, 9.17) is 22.1 Å². The number of primary amides is 1. The third-order valence-electron chi connectivity index (χ3n) is 4.38. The van der Waals surface area contributed by atoms with Crippen LogP contribution >= 0.6 is 11.6 Å². The Labute approximate surface area is 180 Å². The highest BCUT2D eigenvalue weighted by molar-refractivity contribution is 6.30. The Hall–Kier alpha value is -3.49. The molecule has 1 heterocycles. The Kier molecular flexibility index (Phi) is 6.95. The molecule has 1 aromatic heterocycles. The van der Waals surface area contributed by atoms with Crippen molar-refractivity contribution in [3.05, 3.63) is 87.7 Å². The summed E-state index contributed by atoms with van der Waals surface area (Å²) in [6, 6.07) is 16.0. The first-order valence-corrected chi connectivity index (χ1v) is 9.80. The van der Waals surface area contributed by atoms with Crippen LogP contribution in [-0.4, -0.2) is 22.6 Å². The molecule has 0 bridgehead atoms. The van der Waals surface area contributed by atoms with Gasteiger partial charge in [-0.25, -0.2) is 4.98 Å². The highest BCUT2D eigenvalue weighted by atomic mass is 35.5. The lowest BCUT2D eigenvalue weighted by atomic mass is 10.0. The second kappa shape index (κ2) is 9.82. The number of carbonyl (C=O) groups excluding carboxylic acids is 1. The minimum absolute atomic E-state index is 0.0740. The summed E-state index contributed by atoms with van der Waals surface area (Å²) in [6.07, 6.45) is 1.17. The number of aromatic hydroxyl groups is 1. The maximum Gasteiger partial charge on any atom is 0.252 e. The van der Waals surface area contributed by atoms with E-state index in [1.807, 2.05) is 31.2 Å². The molecule has 30 heavy (non-hydrogen) atoms. The van der Waals surface area contributed by atoms with Gasteiger partial charge >= 0.3 is 0 Å². The normalized spacial score (nSPS) is 10.2. The number of para-hydroxylation sites is 1. The number of phenols is 1. The van der Waals surface area contributed by atoms with Crippen LogP contribution in [0.25, 0.3) is 0 Å². The van der Waals surface area contributed by atoms with Crippen LogP contribution in [0.3, 0.4) is 0 Å². The molecule has 3 rings (SSSR count). The molecular weight excluding hydrogens is 400 g/mol. The van der Waals surface area contributed by atoms with E-state index in [0.29, 0.717) is 41.5 Å². The van der Waals surface area contributed by atoms with E-state index in [1.54, 1.807) is 24.3 Å². The molecule has 1 amide bonds. The number of hydrogen-bond acceptors (Lipinski definition) is 4. The molecule has 152 valence electrons. The summed E-state index contributed by atoms with van der Waals surface area (Å²) in [5.41, 5.74) is 8.22. The predicted octanol–water partition coefficient (Wildman–Crippen LogP) is 4.26. The van der Waals surface area contributed by atoms with Gasteiger partial charge in [-0.3, -0.25) is 4.79 Å². The highest BCUT2D eigenvalue weighted by Gasteiger charge is 2.11. The van der Waals surface area contributed by atoms with Crippen molar-refractivity contribution in [2.75, 3.05) is 6.61 Å². The molecule has 3 aromatic rings. The molecule has 0 saturated heterocycles. The topological polar surface area (TPSA) is 85.4 Å². The van der Waals surface area contributed by atoms with Gasteiger partial charge in [-0.05, 0) is 67.6 Å². The lowest BCUT2D eigenvalue weighted by Gasteiger charge is -2.10. The van der Waals surface area contributed by atoms with Gasteiger partial charge in [0.2, 0.25) is 0 Å². The van der Waals surface area contributed by atoms with Crippen molar-refractivity contribution >= 4 is 17.5 Å². The molecule has 3 N–H and O–H groups in total. The Morgan fingerprint density at radius 2 is 1.97 bits per heavy atom. The standard InChI is InChI=1S/C24H21ClN2O3/c1-16-10-13-22(21(27-16)12-11-17-5-2-8-19(25)15-17)30-14-4-7-18-6-3-9-20(23(18)28)24(26)29/h2-3,5-6,8-10,13,15,28H,4,7,14H2,1H3,(H2,26,29). The molecule has 5 nitrogen and oxygen atoms in total. The average Bonchev–Trinajstić information content (AvgIpc) is 2.71. The second-order valence-electron chi connectivity index (χ2n) is 6.69. The molecule has 0 unspecified atom stereocenters. The van der Waals surface area contributed by atoms with Crippen LogP contribution in [0, 0.1) is 18.8 Å². The summed E-state index contributed by atoms with van der Waals surface area (Å²) in [5, 5.41) is 10.8. The molecule has 0 radical (unpaired) electrons. The van der Waals surface area contributed by atoms with E-state index < -0.39 is 5.91 Å². The lowest BCUT2D eigenvalue weighted by Crippen LogP contribution is -2.11. The van der Waals surface area contributed by atoms with Gasteiger partial charge in [0, 0.05) is 16.3 Å². The van der Waals surface area contributed by atoms with E-state index in [2.05, 4.69) is 16.8 Å². The fraction of sp³-hybridized carbons (Fsp3) is 0.167. The molecule has 0 aliphatic carbocycles. The largest absolute Gasteiger partial charge is 0.507 e.